The molecule has 0 radical (unpaired) electrons. The second-order valence-corrected chi connectivity index (χ2v) is 7.09. The molecule has 1 N–H and O–H groups in total. The first-order valence-electron chi connectivity index (χ1n) is 7.86. The maximum Gasteiger partial charge on any atom is 0.230 e. The molecule has 0 spiro atoms. The summed E-state index contributed by atoms with van der Waals surface area (Å²) in [7, 11) is 0. The van der Waals surface area contributed by atoms with Crippen molar-refractivity contribution < 1.29 is 4.79 Å². The smallest absolute Gasteiger partial charge is 0.230 e. The summed E-state index contributed by atoms with van der Waals surface area (Å²) in [5.41, 5.74) is 1.10. The van der Waals surface area contributed by atoms with E-state index in [1.165, 1.54) is 32.1 Å². The van der Waals surface area contributed by atoms with E-state index in [0.29, 0.717) is 11.8 Å². The van der Waals surface area contributed by atoms with Crippen LogP contribution in [0.15, 0.2) is 24.3 Å². The first-order valence-corrected chi connectivity index (χ1v) is 9.39. The van der Waals surface area contributed by atoms with Crippen LogP contribution >= 0.6 is 23.4 Å². The van der Waals surface area contributed by atoms with Crippen LogP contribution in [0.5, 0.6) is 0 Å². The number of thioether (sulfide) groups is 1. The lowest BCUT2D eigenvalue weighted by Crippen LogP contribution is -2.36. The molecule has 0 aliphatic heterocycles. The molecule has 1 aliphatic carbocycles. The van der Waals surface area contributed by atoms with Gasteiger partial charge in [0, 0.05) is 16.8 Å². The molecule has 0 heterocycles. The standard InChI is InChI=1S/C17H24ClNOS/c18-16-11-7-6-8-14(16)12-21-13-17(20)19-15-9-4-2-1-3-5-10-15/h6-8,11,15H,1-5,9-10,12-13H2,(H,19,20). The van der Waals surface area contributed by atoms with E-state index in [1.807, 2.05) is 24.3 Å². The average molecular weight is 326 g/mol. The van der Waals surface area contributed by atoms with Crippen molar-refractivity contribution in [2.45, 2.75) is 56.7 Å². The largest absolute Gasteiger partial charge is 0.353 e. The van der Waals surface area contributed by atoms with Crippen molar-refractivity contribution in [1.29, 1.82) is 0 Å². The van der Waals surface area contributed by atoms with Crippen molar-refractivity contribution in [2.75, 3.05) is 5.75 Å². The summed E-state index contributed by atoms with van der Waals surface area (Å²) < 4.78 is 0. The van der Waals surface area contributed by atoms with E-state index < -0.39 is 0 Å². The molecule has 116 valence electrons. The highest BCUT2D eigenvalue weighted by atomic mass is 35.5. The molecule has 1 aromatic carbocycles. The van der Waals surface area contributed by atoms with Crippen LogP contribution in [-0.2, 0) is 10.5 Å². The van der Waals surface area contributed by atoms with Crippen LogP contribution < -0.4 is 5.32 Å². The Morgan fingerprint density at radius 3 is 2.52 bits per heavy atom. The van der Waals surface area contributed by atoms with E-state index in [-0.39, 0.29) is 5.91 Å². The van der Waals surface area contributed by atoms with Crippen molar-refractivity contribution >= 4 is 29.3 Å². The molecule has 1 aliphatic rings. The Hall–Kier alpha value is -0.670. The fourth-order valence-corrected chi connectivity index (χ4v) is 3.86. The van der Waals surface area contributed by atoms with Gasteiger partial charge in [-0.25, -0.2) is 0 Å². The molecule has 21 heavy (non-hydrogen) atoms. The highest BCUT2D eigenvalue weighted by Crippen LogP contribution is 2.21. The minimum absolute atomic E-state index is 0.164. The van der Waals surface area contributed by atoms with E-state index in [4.69, 9.17) is 11.6 Å². The number of halogens is 1. The quantitative estimate of drug-likeness (QED) is 0.842. The normalized spacial score (nSPS) is 17.0. The Kier molecular flexibility index (Phi) is 7.45. The molecule has 2 rings (SSSR count). The lowest BCUT2D eigenvalue weighted by molar-refractivity contribution is -0.119. The first kappa shape index (κ1) is 16.7. The van der Waals surface area contributed by atoms with Crippen LogP contribution in [0.25, 0.3) is 0 Å². The van der Waals surface area contributed by atoms with E-state index in [1.54, 1.807) is 11.8 Å². The van der Waals surface area contributed by atoms with Crippen LogP contribution in [0.2, 0.25) is 5.02 Å². The zero-order valence-electron chi connectivity index (χ0n) is 12.4. The number of hydrogen-bond acceptors (Lipinski definition) is 2. The number of rotatable bonds is 5. The first-order chi connectivity index (χ1) is 10.3. The fraction of sp³-hybridized carbons (Fsp3) is 0.588. The Morgan fingerprint density at radius 2 is 1.81 bits per heavy atom. The number of carbonyl (C=O) groups is 1. The molecule has 0 aromatic heterocycles. The third-order valence-electron chi connectivity index (χ3n) is 3.92. The summed E-state index contributed by atoms with van der Waals surface area (Å²) in [5, 5.41) is 3.98. The minimum atomic E-state index is 0.164. The Morgan fingerprint density at radius 1 is 1.14 bits per heavy atom. The molecule has 0 atom stereocenters. The van der Waals surface area contributed by atoms with Crippen molar-refractivity contribution in [1.82, 2.24) is 5.32 Å². The van der Waals surface area contributed by atoms with Crippen molar-refractivity contribution in [3.63, 3.8) is 0 Å². The Balaban J connectivity index is 1.68. The predicted molar refractivity (Wildman–Crippen MR) is 91.9 cm³/mol. The SMILES string of the molecule is O=C(CSCc1ccccc1Cl)NC1CCCCCCC1. The maximum absolute atomic E-state index is 12.0. The number of hydrogen-bond donors (Lipinski definition) is 1. The molecular formula is C17H24ClNOS. The Bertz CT molecular complexity index is 444. The van der Waals surface area contributed by atoms with Crippen LogP contribution in [-0.4, -0.2) is 17.7 Å². The summed E-state index contributed by atoms with van der Waals surface area (Å²) in [6.07, 6.45) is 8.76. The van der Waals surface area contributed by atoms with Gasteiger partial charge in [0.25, 0.3) is 0 Å². The molecule has 1 amide bonds. The van der Waals surface area contributed by atoms with E-state index in [0.717, 1.165) is 29.2 Å². The number of benzene rings is 1. The number of amides is 1. The molecule has 1 aromatic rings. The van der Waals surface area contributed by atoms with Gasteiger partial charge >= 0.3 is 0 Å². The van der Waals surface area contributed by atoms with E-state index in [9.17, 15) is 4.79 Å². The van der Waals surface area contributed by atoms with Gasteiger partial charge in [-0.3, -0.25) is 4.79 Å². The summed E-state index contributed by atoms with van der Waals surface area (Å²) in [6.45, 7) is 0. The molecule has 1 fully saturated rings. The second-order valence-electron chi connectivity index (χ2n) is 5.69. The number of carbonyl (C=O) groups excluding carboxylic acids is 1. The van der Waals surface area contributed by atoms with E-state index >= 15 is 0 Å². The van der Waals surface area contributed by atoms with Crippen molar-refractivity contribution in [2.24, 2.45) is 0 Å². The van der Waals surface area contributed by atoms with Gasteiger partial charge in [-0.1, -0.05) is 61.9 Å². The summed E-state index contributed by atoms with van der Waals surface area (Å²) in [5.74, 6) is 1.47. The molecule has 1 saturated carbocycles. The average Bonchev–Trinajstić information content (AvgIpc) is 2.44. The highest BCUT2D eigenvalue weighted by molar-refractivity contribution is 7.99. The van der Waals surface area contributed by atoms with Crippen molar-refractivity contribution in [3.05, 3.63) is 34.9 Å². The molecule has 0 bridgehead atoms. The van der Waals surface area contributed by atoms with Crippen LogP contribution in [0, 0.1) is 0 Å². The topological polar surface area (TPSA) is 29.1 Å². The predicted octanol–water partition coefficient (Wildman–Crippen LogP) is 4.80. The zero-order valence-corrected chi connectivity index (χ0v) is 14.0. The Labute approximate surface area is 137 Å². The lowest BCUT2D eigenvalue weighted by Gasteiger charge is -2.21. The van der Waals surface area contributed by atoms with Crippen LogP contribution in [0.4, 0.5) is 0 Å². The molecule has 4 heteroatoms. The van der Waals surface area contributed by atoms with Gasteiger partial charge in [0.1, 0.15) is 0 Å². The third kappa shape index (κ3) is 6.31. The molecule has 0 saturated heterocycles. The molecular weight excluding hydrogens is 302 g/mol. The highest BCUT2D eigenvalue weighted by Gasteiger charge is 2.13. The van der Waals surface area contributed by atoms with Gasteiger partial charge in [0.05, 0.1) is 5.75 Å². The van der Waals surface area contributed by atoms with Gasteiger partial charge in [-0.05, 0) is 24.5 Å². The zero-order chi connectivity index (χ0) is 14.9. The fourth-order valence-electron chi connectivity index (χ4n) is 2.74. The summed E-state index contributed by atoms with van der Waals surface area (Å²) in [4.78, 5) is 12.0. The van der Waals surface area contributed by atoms with Crippen molar-refractivity contribution in [3.8, 4) is 0 Å². The van der Waals surface area contributed by atoms with Gasteiger partial charge in [0.15, 0.2) is 0 Å². The lowest BCUT2D eigenvalue weighted by atomic mass is 9.97. The monoisotopic (exact) mass is 325 g/mol. The second kappa shape index (κ2) is 9.37. The minimum Gasteiger partial charge on any atom is -0.353 e. The van der Waals surface area contributed by atoms with Crippen LogP contribution in [0.1, 0.15) is 50.5 Å². The van der Waals surface area contributed by atoms with Crippen LogP contribution in [0.3, 0.4) is 0 Å². The summed E-state index contributed by atoms with van der Waals surface area (Å²) >= 11 is 7.74. The number of nitrogens with one attached hydrogen (secondary N) is 1. The van der Waals surface area contributed by atoms with Gasteiger partial charge < -0.3 is 5.32 Å². The molecule has 2 nitrogen and oxygen atoms in total. The molecule has 0 unspecified atom stereocenters. The summed E-state index contributed by atoms with van der Waals surface area (Å²) in [6, 6.07) is 8.21. The third-order valence-corrected chi connectivity index (χ3v) is 5.27. The maximum atomic E-state index is 12.0. The van der Waals surface area contributed by atoms with Gasteiger partial charge in [-0.2, -0.15) is 0 Å². The van der Waals surface area contributed by atoms with Gasteiger partial charge in [0.2, 0.25) is 5.91 Å². The van der Waals surface area contributed by atoms with Gasteiger partial charge in [-0.15, -0.1) is 11.8 Å². The van der Waals surface area contributed by atoms with E-state index in [2.05, 4.69) is 5.32 Å².